The minimum atomic E-state index is -5.48. The number of amides is 5. The van der Waals surface area contributed by atoms with Gasteiger partial charge >= 0.3 is 24.3 Å². The molecule has 0 bridgehead atoms. The van der Waals surface area contributed by atoms with Gasteiger partial charge in [0.05, 0.1) is 37.6 Å². The number of imide groups is 2. The zero-order valence-electron chi connectivity index (χ0n) is 24.0. The molecule has 0 spiro atoms. The van der Waals surface area contributed by atoms with E-state index < -0.39 is 65.3 Å². The van der Waals surface area contributed by atoms with Crippen molar-refractivity contribution in [3.63, 3.8) is 0 Å². The van der Waals surface area contributed by atoms with Crippen LogP contribution in [0.3, 0.4) is 0 Å². The quantitative estimate of drug-likeness (QED) is 0.0822. The van der Waals surface area contributed by atoms with Gasteiger partial charge in [0.2, 0.25) is 11.8 Å². The van der Waals surface area contributed by atoms with Crippen molar-refractivity contribution in [2.75, 3.05) is 52.7 Å². The molecule has 2 unspecified atom stereocenters. The molecule has 2 heterocycles. The number of ether oxygens (including phenoxy) is 5. The van der Waals surface area contributed by atoms with Crippen molar-refractivity contribution in [3.05, 3.63) is 29.3 Å². The van der Waals surface area contributed by atoms with Crippen molar-refractivity contribution in [2.45, 2.75) is 44.2 Å². The molecule has 0 aliphatic carbocycles. The van der Waals surface area contributed by atoms with Gasteiger partial charge in [0.15, 0.2) is 0 Å². The van der Waals surface area contributed by atoms with Crippen molar-refractivity contribution >= 4 is 35.5 Å². The predicted molar refractivity (Wildman–Crippen MR) is 143 cm³/mol. The molecule has 1 saturated heterocycles. The number of hydrogen-bond acceptors (Lipinski definition) is 12. The van der Waals surface area contributed by atoms with E-state index in [1.807, 2.05) is 5.32 Å². The largest absolute Gasteiger partial charge is 0.491 e. The summed E-state index contributed by atoms with van der Waals surface area (Å²) >= 11 is 0. The number of hydrogen-bond donors (Lipinski definition) is 3. The first-order valence-electron chi connectivity index (χ1n) is 14.0. The second-order valence-electron chi connectivity index (χ2n) is 9.60. The minimum Gasteiger partial charge on any atom is -0.445 e. The SMILES string of the molecule is NCCCOCCOCCOCCCNC(=O)C(OC(=O)C(F)(F)F)Oc1cccc2c1C(=O)N(C1CCC(=O)NC1=O)C2=O. The standard InChI is InChI=1S/C27H33F3N4O11/c28-27(29,30)26(40)45-25(22(37)32-9-3-11-42-13-15-43-14-12-41-10-2-8-31)44-18-5-1-4-16-20(18)24(39)34(23(16)38)17-6-7-19(35)33-21(17)36/h1,4-5,17,25H,2-3,6-15,31H2,(H,32,37)(H,33,35,36). The molecule has 3 rings (SSSR count). The van der Waals surface area contributed by atoms with Crippen LogP contribution in [-0.4, -0.2) is 112 Å². The Kier molecular flexibility index (Phi) is 13.2. The molecule has 2 atom stereocenters. The maximum absolute atomic E-state index is 13.2. The maximum Gasteiger partial charge on any atom is 0.491 e. The number of fused-ring (bicyclic) bond motifs is 1. The number of nitrogens with two attached hydrogens (primary N) is 1. The van der Waals surface area contributed by atoms with Crippen LogP contribution in [0.4, 0.5) is 13.2 Å². The van der Waals surface area contributed by atoms with E-state index in [1.54, 1.807) is 0 Å². The Bertz CT molecular complexity index is 1260. The Labute approximate surface area is 254 Å². The van der Waals surface area contributed by atoms with Gasteiger partial charge in [0.25, 0.3) is 11.8 Å². The zero-order valence-corrected chi connectivity index (χ0v) is 24.0. The summed E-state index contributed by atoms with van der Waals surface area (Å²) in [7, 11) is 0. The predicted octanol–water partition coefficient (Wildman–Crippen LogP) is -0.197. The number of piperidine rings is 1. The van der Waals surface area contributed by atoms with Gasteiger partial charge in [-0.3, -0.25) is 34.2 Å². The first-order chi connectivity index (χ1) is 21.5. The Balaban J connectivity index is 1.58. The lowest BCUT2D eigenvalue weighted by molar-refractivity contribution is -0.216. The Morgan fingerprint density at radius 3 is 2.24 bits per heavy atom. The monoisotopic (exact) mass is 646 g/mol. The molecule has 15 nitrogen and oxygen atoms in total. The van der Waals surface area contributed by atoms with Crippen LogP contribution >= 0.6 is 0 Å². The molecule has 45 heavy (non-hydrogen) atoms. The first-order valence-corrected chi connectivity index (χ1v) is 14.0. The van der Waals surface area contributed by atoms with Crippen LogP contribution < -0.4 is 21.1 Å². The highest BCUT2D eigenvalue weighted by Gasteiger charge is 2.47. The van der Waals surface area contributed by atoms with E-state index in [9.17, 15) is 41.9 Å². The second-order valence-corrected chi connectivity index (χ2v) is 9.60. The Morgan fingerprint density at radius 1 is 0.978 bits per heavy atom. The number of carbonyl (C=O) groups is 6. The highest BCUT2D eigenvalue weighted by Crippen LogP contribution is 2.34. The van der Waals surface area contributed by atoms with Crippen molar-refractivity contribution < 1.29 is 65.6 Å². The number of alkyl halides is 3. The average molecular weight is 647 g/mol. The zero-order chi connectivity index (χ0) is 33.0. The van der Waals surface area contributed by atoms with Crippen LogP contribution in [-0.2, 0) is 38.1 Å². The molecule has 1 aromatic rings. The van der Waals surface area contributed by atoms with Crippen molar-refractivity contribution in [2.24, 2.45) is 5.73 Å². The van der Waals surface area contributed by atoms with Crippen LogP contribution in [0.2, 0.25) is 0 Å². The van der Waals surface area contributed by atoms with Crippen molar-refractivity contribution in [3.8, 4) is 5.75 Å². The van der Waals surface area contributed by atoms with E-state index in [-0.39, 0.29) is 51.2 Å². The maximum atomic E-state index is 13.2. The van der Waals surface area contributed by atoms with Crippen LogP contribution in [0.25, 0.3) is 0 Å². The fourth-order valence-corrected chi connectivity index (χ4v) is 4.19. The molecule has 1 fully saturated rings. The van der Waals surface area contributed by atoms with Gasteiger partial charge in [0.1, 0.15) is 11.8 Å². The highest BCUT2D eigenvalue weighted by molar-refractivity contribution is 6.24. The first kappa shape index (κ1) is 35.4. The number of nitrogens with one attached hydrogen (secondary N) is 2. The fraction of sp³-hybridized carbons (Fsp3) is 0.556. The molecular formula is C27H33F3N4O11. The summed E-state index contributed by atoms with van der Waals surface area (Å²) in [6.07, 6.45) is -7.34. The summed E-state index contributed by atoms with van der Waals surface area (Å²) in [6.45, 7) is 2.37. The van der Waals surface area contributed by atoms with Gasteiger partial charge in [0, 0.05) is 26.2 Å². The second kappa shape index (κ2) is 16.8. The van der Waals surface area contributed by atoms with E-state index in [1.165, 1.54) is 12.1 Å². The normalized spacial score (nSPS) is 17.2. The van der Waals surface area contributed by atoms with Gasteiger partial charge < -0.3 is 34.7 Å². The number of halogens is 3. The number of esters is 1. The number of rotatable bonds is 18. The fourth-order valence-electron chi connectivity index (χ4n) is 4.19. The van der Waals surface area contributed by atoms with Crippen molar-refractivity contribution in [1.29, 1.82) is 0 Å². The van der Waals surface area contributed by atoms with E-state index in [0.29, 0.717) is 31.3 Å². The van der Waals surface area contributed by atoms with Crippen LogP contribution in [0.15, 0.2) is 18.2 Å². The van der Waals surface area contributed by atoms with Gasteiger partial charge in [-0.25, -0.2) is 4.79 Å². The molecule has 5 amide bonds. The third kappa shape index (κ3) is 9.93. The summed E-state index contributed by atoms with van der Waals surface area (Å²) in [4.78, 5) is 75.0. The molecule has 2 aliphatic heterocycles. The molecule has 18 heteroatoms. The summed E-state index contributed by atoms with van der Waals surface area (Å²) < 4.78 is 64.4. The van der Waals surface area contributed by atoms with Crippen molar-refractivity contribution in [1.82, 2.24) is 15.5 Å². The van der Waals surface area contributed by atoms with E-state index in [2.05, 4.69) is 10.1 Å². The Hall–Kier alpha value is -4.13. The van der Waals surface area contributed by atoms with Gasteiger partial charge in [-0.2, -0.15) is 13.2 Å². The summed E-state index contributed by atoms with van der Waals surface area (Å²) in [5.74, 6) is -8.04. The molecular weight excluding hydrogens is 613 g/mol. The summed E-state index contributed by atoms with van der Waals surface area (Å²) in [6, 6.07) is 2.15. The van der Waals surface area contributed by atoms with Crippen LogP contribution in [0.1, 0.15) is 46.4 Å². The van der Waals surface area contributed by atoms with Gasteiger partial charge in [-0.05, 0) is 37.9 Å². The van der Waals surface area contributed by atoms with Crippen LogP contribution in [0, 0.1) is 0 Å². The third-order valence-electron chi connectivity index (χ3n) is 6.32. The third-order valence-corrected chi connectivity index (χ3v) is 6.32. The molecule has 248 valence electrons. The topological polar surface area (TPSA) is 202 Å². The molecule has 4 N–H and O–H groups in total. The molecule has 0 radical (unpaired) electrons. The number of benzene rings is 1. The molecule has 0 saturated carbocycles. The lowest BCUT2D eigenvalue weighted by Crippen LogP contribution is -2.54. The number of nitrogens with zero attached hydrogens (tertiary/aromatic N) is 1. The lowest BCUT2D eigenvalue weighted by atomic mass is 10.0. The minimum absolute atomic E-state index is 0.119. The van der Waals surface area contributed by atoms with E-state index >= 15 is 0 Å². The summed E-state index contributed by atoms with van der Waals surface area (Å²) in [5, 5.41) is 4.29. The van der Waals surface area contributed by atoms with Gasteiger partial charge in [-0.1, -0.05) is 6.07 Å². The lowest BCUT2D eigenvalue weighted by Gasteiger charge is -2.27. The Morgan fingerprint density at radius 2 is 1.62 bits per heavy atom. The average Bonchev–Trinajstić information content (AvgIpc) is 3.24. The smallest absolute Gasteiger partial charge is 0.445 e. The van der Waals surface area contributed by atoms with E-state index in [0.717, 1.165) is 12.5 Å². The van der Waals surface area contributed by atoms with Crippen LogP contribution in [0.5, 0.6) is 5.75 Å². The summed E-state index contributed by atoms with van der Waals surface area (Å²) in [5.41, 5.74) is 4.62. The van der Waals surface area contributed by atoms with E-state index in [4.69, 9.17) is 24.7 Å². The number of carbonyl (C=O) groups excluding carboxylic acids is 6. The molecule has 1 aromatic carbocycles. The van der Waals surface area contributed by atoms with Gasteiger partial charge in [-0.15, -0.1) is 0 Å². The molecule has 0 aromatic heterocycles. The highest BCUT2D eigenvalue weighted by atomic mass is 19.4. The molecule has 2 aliphatic rings.